The van der Waals surface area contributed by atoms with Crippen LogP contribution >= 0.6 is 11.6 Å². The summed E-state index contributed by atoms with van der Waals surface area (Å²) < 4.78 is 6.77. The molecule has 0 aliphatic carbocycles. The molecular weight excluding hydrogens is 542 g/mol. The summed E-state index contributed by atoms with van der Waals surface area (Å²) in [6.07, 6.45) is 4.53. The number of amides is 3. The van der Waals surface area contributed by atoms with E-state index in [1.165, 1.54) is 9.80 Å². The van der Waals surface area contributed by atoms with E-state index in [2.05, 4.69) is 13.2 Å². The standard InChI is InChI=1S/C32H36ClN3O5/c1-4-18-34(22-12-7-6-8-13-22)28(38)25-26-29(39)36(20-11-21-37)27(32(26)17-16-31(25,3)41-32)30(40)35(19-5-2)24-15-10-9-14-23(24)33/h4-10,12-15,25-27,37H,1-2,11,16-21H2,3H3/t25-,26-,27?,31+,32?/m0/s1. The van der Waals surface area contributed by atoms with Gasteiger partial charge in [0.05, 0.1) is 28.1 Å². The highest BCUT2D eigenvalue weighted by molar-refractivity contribution is 6.34. The minimum Gasteiger partial charge on any atom is -0.396 e. The summed E-state index contributed by atoms with van der Waals surface area (Å²) in [6, 6.07) is 15.3. The Morgan fingerprint density at radius 2 is 1.71 bits per heavy atom. The smallest absolute Gasteiger partial charge is 0.253 e. The lowest BCUT2D eigenvalue weighted by molar-refractivity contribution is -0.144. The van der Waals surface area contributed by atoms with Crippen LogP contribution in [-0.2, 0) is 19.1 Å². The number of likely N-dealkylation sites (tertiary alicyclic amines) is 1. The van der Waals surface area contributed by atoms with Crippen molar-refractivity contribution in [2.45, 2.75) is 43.4 Å². The normalized spacial score (nSPS) is 27.9. The lowest BCUT2D eigenvalue weighted by Crippen LogP contribution is -2.56. The Morgan fingerprint density at radius 1 is 1.05 bits per heavy atom. The fourth-order valence-electron chi connectivity index (χ4n) is 7.04. The number of anilines is 2. The van der Waals surface area contributed by atoms with Gasteiger partial charge in [0.15, 0.2) is 0 Å². The summed E-state index contributed by atoms with van der Waals surface area (Å²) in [4.78, 5) is 47.9. The van der Waals surface area contributed by atoms with Crippen LogP contribution in [0.15, 0.2) is 79.9 Å². The molecule has 3 amide bonds. The van der Waals surface area contributed by atoms with E-state index < -0.39 is 29.1 Å². The monoisotopic (exact) mass is 577 g/mol. The van der Waals surface area contributed by atoms with E-state index in [1.54, 1.807) is 41.3 Å². The Hall–Kier alpha value is -3.46. The third kappa shape index (κ3) is 4.68. The number of carbonyl (C=O) groups excluding carboxylic acids is 3. The largest absolute Gasteiger partial charge is 0.396 e. The number of hydrogen-bond acceptors (Lipinski definition) is 5. The summed E-state index contributed by atoms with van der Waals surface area (Å²) >= 11 is 6.52. The van der Waals surface area contributed by atoms with E-state index >= 15 is 0 Å². The van der Waals surface area contributed by atoms with Crippen molar-refractivity contribution < 1.29 is 24.2 Å². The summed E-state index contributed by atoms with van der Waals surface area (Å²) in [7, 11) is 0. The van der Waals surface area contributed by atoms with Crippen molar-refractivity contribution >= 4 is 40.7 Å². The Labute approximate surface area is 245 Å². The maximum absolute atomic E-state index is 14.5. The van der Waals surface area contributed by atoms with Gasteiger partial charge in [-0.1, -0.05) is 54.1 Å². The topological polar surface area (TPSA) is 90.4 Å². The first-order valence-corrected chi connectivity index (χ1v) is 14.4. The molecule has 8 nitrogen and oxygen atoms in total. The number of aliphatic hydroxyl groups is 1. The van der Waals surface area contributed by atoms with E-state index in [0.29, 0.717) is 29.2 Å². The first-order valence-electron chi connectivity index (χ1n) is 14.0. The van der Waals surface area contributed by atoms with Crippen LogP contribution < -0.4 is 9.80 Å². The van der Waals surface area contributed by atoms with Gasteiger partial charge in [-0.2, -0.15) is 0 Å². The molecule has 3 fully saturated rings. The molecule has 0 radical (unpaired) electrons. The van der Waals surface area contributed by atoms with Crippen LogP contribution in [0.2, 0.25) is 5.02 Å². The van der Waals surface area contributed by atoms with Crippen LogP contribution in [0.5, 0.6) is 0 Å². The molecule has 9 heteroatoms. The Bertz CT molecular complexity index is 1350. The van der Waals surface area contributed by atoms with Crippen molar-refractivity contribution in [3.05, 3.63) is 84.9 Å². The van der Waals surface area contributed by atoms with E-state index in [-0.39, 0.29) is 50.4 Å². The number of aliphatic hydroxyl groups excluding tert-OH is 1. The molecule has 5 rings (SSSR count). The number of benzene rings is 2. The molecule has 2 aromatic rings. The van der Waals surface area contributed by atoms with Gasteiger partial charge in [-0.05, 0) is 50.5 Å². The van der Waals surface area contributed by atoms with E-state index in [4.69, 9.17) is 16.3 Å². The van der Waals surface area contributed by atoms with E-state index in [0.717, 1.165) is 0 Å². The number of rotatable bonds is 11. The molecule has 0 aromatic heterocycles. The predicted octanol–water partition coefficient (Wildman–Crippen LogP) is 4.23. The van der Waals surface area contributed by atoms with Gasteiger partial charge in [0.1, 0.15) is 11.6 Å². The molecule has 216 valence electrons. The summed E-state index contributed by atoms with van der Waals surface area (Å²) in [5.74, 6) is -2.54. The molecule has 3 aliphatic rings. The van der Waals surface area contributed by atoms with Crippen molar-refractivity contribution in [3.8, 4) is 0 Å². The van der Waals surface area contributed by atoms with Gasteiger partial charge in [0, 0.05) is 31.9 Å². The number of para-hydroxylation sites is 2. The molecule has 1 spiro atoms. The van der Waals surface area contributed by atoms with Crippen molar-refractivity contribution in [2.24, 2.45) is 11.8 Å². The van der Waals surface area contributed by atoms with Crippen molar-refractivity contribution in [1.82, 2.24) is 4.90 Å². The van der Waals surface area contributed by atoms with Gasteiger partial charge < -0.3 is 24.5 Å². The zero-order valence-corrected chi connectivity index (χ0v) is 24.0. The summed E-state index contributed by atoms with van der Waals surface area (Å²) in [6.45, 7) is 9.99. The molecule has 2 unspecified atom stereocenters. The number of fused-ring (bicyclic) bond motifs is 1. The second-order valence-corrected chi connectivity index (χ2v) is 11.5. The fourth-order valence-corrected chi connectivity index (χ4v) is 7.28. The first-order chi connectivity index (χ1) is 19.7. The van der Waals surface area contributed by atoms with Crippen LogP contribution in [0.4, 0.5) is 11.4 Å². The van der Waals surface area contributed by atoms with Crippen molar-refractivity contribution in [1.29, 1.82) is 0 Å². The average Bonchev–Trinajstić information content (AvgIpc) is 3.54. The molecular formula is C32H36ClN3O5. The third-order valence-corrected chi connectivity index (χ3v) is 9.02. The van der Waals surface area contributed by atoms with Crippen molar-refractivity contribution in [2.75, 3.05) is 36.0 Å². The Morgan fingerprint density at radius 3 is 2.37 bits per heavy atom. The zero-order valence-electron chi connectivity index (χ0n) is 23.2. The highest BCUT2D eigenvalue weighted by Crippen LogP contribution is 2.63. The predicted molar refractivity (Wildman–Crippen MR) is 159 cm³/mol. The number of ether oxygens (including phenoxy) is 1. The first kappa shape index (κ1) is 29.0. The van der Waals surface area contributed by atoms with E-state index in [9.17, 15) is 19.5 Å². The van der Waals surface area contributed by atoms with Crippen LogP contribution in [0.25, 0.3) is 0 Å². The molecule has 2 aromatic carbocycles. The Balaban J connectivity index is 1.59. The lowest BCUT2D eigenvalue weighted by atomic mass is 9.66. The van der Waals surface area contributed by atoms with Gasteiger partial charge in [-0.3, -0.25) is 14.4 Å². The molecule has 41 heavy (non-hydrogen) atoms. The molecule has 5 atom stereocenters. The maximum atomic E-state index is 14.5. The number of hydrogen-bond donors (Lipinski definition) is 1. The average molecular weight is 578 g/mol. The summed E-state index contributed by atoms with van der Waals surface area (Å²) in [5.41, 5.74) is -0.929. The lowest BCUT2D eigenvalue weighted by Gasteiger charge is -2.37. The minimum absolute atomic E-state index is 0.148. The van der Waals surface area contributed by atoms with E-state index in [1.807, 2.05) is 37.3 Å². The molecule has 1 N–H and O–H groups in total. The minimum atomic E-state index is -1.20. The highest BCUT2D eigenvalue weighted by Gasteiger charge is 2.78. The van der Waals surface area contributed by atoms with Gasteiger partial charge in [0.2, 0.25) is 11.8 Å². The molecule has 3 heterocycles. The van der Waals surface area contributed by atoms with Gasteiger partial charge in [-0.25, -0.2) is 0 Å². The molecule has 3 saturated heterocycles. The van der Waals surface area contributed by atoms with Crippen LogP contribution in [0.3, 0.4) is 0 Å². The maximum Gasteiger partial charge on any atom is 0.253 e. The summed E-state index contributed by atoms with van der Waals surface area (Å²) in [5, 5.41) is 10.0. The molecule has 2 bridgehead atoms. The number of carbonyl (C=O) groups is 3. The zero-order chi connectivity index (χ0) is 29.4. The second kappa shape index (κ2) is 11.4. The van der Waals surface area contributed by atoms with Gasteiger partial charge >= 0.3 is 0 Å². The van der Waals surface area contributed by atoms with Crippen LogP contribution in [-0.4, -0.2) is 71.2 Å². The van der Waals surface area contributed by atoms with Gasteiger partial charge in [0.25, 0.3) is 5.91 Å². The highest BCUT2D eigenvalue weighted by atomic mass is 35.5. The fraction of sp³-hybridized carbons (Fsp3) is 0.406. The number of nitrogens with zero attached hydrogens (tertiary/aromatic N) is 3. The quantitative estimate of drug-likeness (QED) is 0.404. The Kier molecular flexibility index (Phi) is 8.10. The molecule has 3 aliphatic heterocycles. The second-order valence-electron chi connectivity index (χ2n) is 11.1. The SMILES string of the molecule is C=CCN(C(=O)[C@@H]1[C@H]2C(=O)N(CCCO)C(C(=O)N(CC=C)c3ccccc3Cl)C23CC[C@@]1(C)O3)c1ccccc1. The molecule has 0 saturated carbocycles. The van der Waals surface area contributed by atoms with Crippen molar-refractivity contribution in [3.63, 3.8) is 0 Å². The van der Waals surface area contributed by atoms with Gasteiger partial charge in [-0.15, -0.1) is 13.2 Å². The third-order valence-electron chi connectivity index (χ3n) is 8.70. The van der Waals surface area contributed by atoms with Crippen LogP contribution in [0.1, 0.15) is 26.2 Å². The number of halogens is 1. The van der Waals surface area contributed by atoms with Crippen LogP contribution in [0, 0.1) is 11.8 Å².